The molecule has 0 aliphatic carbocycles. The first-order chi connectivity index (χ1) is 8.69. The van der Waals surface area contributed by atoms with Crippen LogP contribution < -0.4 is 10.5 Å². The maximum atomic E-state index is 5.94. The van der Waals surface area contributed by atoms with Gasteiger partial charge in [-0.1, -0.05) is 0 Å². The van der Waals surface area contributed by atoms with E-state index in [9.17, 15) is 0 Å². The second-order valence-corrected chi connectivity index (χ2v) is 5.43. The molecule has 0 spiro atoms. The minimum atomic E-state index is 0.652. The Bertz CT molecular complexity index is 527. The van der Waals surface area contributed by atoms with E-state index < -0.39 is 0 Å². The maximum Gasteiger partial charge on any atom is 0.169 e. The monoisotopic (exact) mass is 327 g/mol. The molecule has 0 atom stereocenters. The fourth-order valence-corrected chi connectivity index (χ4v) is 2.70. The molecule has 2 aromatic rings. The average Bonchev–Trinajstić information content (AvgIpc) is 2.76. The van der Waals surface area contributed by atoms with E-state index in [1.807, 2.05) is 37.3 Å². The SMILES string of the molecule is CCOc1ccc(N)c(SCc2ccc(Br)o2)c1. The number of hydrogen-bond acceptors (Lipinski definition) is 4. The molecule has 2 N–H and O–H groups in total. The zero-order valence-corrected chi connectivity index (χ0v) is 12.4. The van der Waals surface area contributed by atoms with Gasteiger partial charge in [0.05, 0.1) is 12.4 Å². The van der Waals surface area contributed by atoms with Gasteiger partial charge in [0, 0.05) is 10.6 Å². The topological polar surface area (TPSA) is 48.4 Å². The van der Waals surface area contributed by atoms with Gasteiger partial charge < -0.3 is 14.9 Å². The minimum Gasteiger partial charge on any atom is -0.494 e. The third kappa shape index (κ3) is 3.46. The summed E-state index contributed by atoms with van der Waals surface area (Å²) in [6.45, 7) is 2.61. The summed E-state index contributed by atoms with van der Waals surface area (Å²) in [6.07, 6.45) is 0. The van der Waals surface area contributed by atoms with Crippen molar-refractivity contribution < 1.29 is 9.15 Å². The Balaban J connectivity index is 2.05. The molecule has 0 fully saturated rings. The van der Waals surface area contributed by atoms with Crippen LogP contribution in [-0.4, -0.2) is 6.61 Å². The van der Waals surface area contributed by atoms with Crippen molar-refractivity contribution in [2.75, 3.05) is 12.3 Å². The number of benzene rings is 1. The lowest BCUT2D eigenvalue weighted by Gasteiger charge is -2.08. The third-order valence-corrected chi connectivity index (χ3v) is 3.81. The van der Waals surface area contributed by atoms with Crippen molar-refractivity contribution >= 4 is 33.4 Å². The quantitative estimate of drug-likeness (QED) is 0.656. The van der Waals surface area contributed by atoms with Crippen molar-refractivity contribution in [3.05, 3.63) is 40.8 Å². The Morgan fingerprint density at radius 1 is 1.33 bits per heavy atom. The Morgan fingerprint density at radius 2 is 2.17 bits per heavy atom. The van der Waals surface area contributed by atoms with E-state index in [0.29, 0.717) is 6.61 Å². The predicted molar refractivity (Wildman–Crippen MR) is 78.0 cm³/mol. The lowest BCUT2D eigenvalue weighted by atomic mass is 10.3. The first kappa shape index (κ1) is 13.4. The highest BCUT2D eigenvalue weighted by atomic mass is 79.9. The molecule has 96 valence electrons. The molecule has 0 saturated carbocycles. The van der Waals surface area contributed by atoms with Crippen LogP contribution in [0.1, 0.15) is 12.7 Å². The Morgan fingerprint density at radius 3 is 2.83 bits per heavy atom. The summed E-state index contributed by atoms with van der Waals surface area (Å²) in [5.74, 6) is 2.49. The number of nitrogen functional groups attached to an aromatic ring is 1. The smallest absolute Gasteiger partial charge is 0.169 e. The van der Waals surface area contributed by atoms with Crippen LogP contribution in [0.15, 0.2) is 44.3 Å². The minimum absolute atomic E-state index is 0.652. The normalized spacial score (nSPS) is 10.6. The molecule has 2 rings (SSSR count). The highest BCUT2D eigenvalue weighted by molar-refractivity contribution is 9.10. The first-order valence-electron chi connectivity index (χ1n) is 5.58. The molecule has 1 aromatic heterocycles. The molecule has 5 heteroatoms. The second kappa shape index (κ2) is 6.20. The molecule has 0 saturated heterocycles. The van der Waals surface area contributed by atoms with Gasteiger partial charge in [-0.05, 0) is 53.2 Å². The molecule has 0 amide bonds. The van der Waals surface area contributed by atoms with E-state index in [0.717, 1.165) is 32.5 Å². The van der Waals surface area contributed by atoms with Gasteiger partial charge in [-0.2, -0.15) is 0 Å². The van der Waals surface area contributed by atoms with Crippen LogP contribution in [0.4, 0.5) is 5.69 Å². The van der Waals surface area contributed by atoms with E-state index in [2.05, 4.69) is 15.9 Å². The second-order valence-electron chi connectivity index (χ2n) is 3.63. The first-order valence-corrected chi connectivity index (χ1v) is 7.36. The summed E-state index contributed by atoms with van der Waals surface area (Å²) >= 11 is 4.92. The van der Waals surface area contributed by atoms with Gasteiger partial charge in [-0.15, -0.1) is 11.8 Å². The molecule has 0 aliphatic rings. The average molecular weight is 328 g/mol. The van der Waals surface area contributed by atoms with Crippen LogP contribution in [0.5, 0.6) is 5.75 Å². The summed E-state index contributed by atoms with van der Waals surface area (Å²) in [4.78, 5) is 1.01. The number of nitrogens with two attached hydrogens (primary N) is 1. The highest BCUT2D eigenvalue weighted by Crippen LogP contribution is 2.32. The number of ether oxygens (including phenoxy) is 1. The van der Waals surface area contributed by atoms with Gasteiger partial charge in [0.25, 0.3) is 0 Å². The van der Waals surface area contributed by atoms with Crippen molar-refractivity contribution in [3.8, 4) is 5.75 Å². The van der Waals surface area contributed by atoms with E-state index >= 15 is 0 Å². The Kier molecular flexibility index (Phi) is 4.60. The van der Waals surface area contributed by atoms with Gasteiger partial charge in [0.15, 0.2) is 4.67 Å². The molecule has 3 nitrogen and oxygen atoms in total. The fraction of sp³-hybridized carbons (Fsp3) is 0.231. The van der Waals surface area contributed by atoms with Crippen LogP contribution in [0.3, 0.4) is 0 Å². The number of anilines is 1. The molecule has 0 aliphatic heterocycles. The van der Waals surface area contributed by atoms with Crippen molar-refractivity contribution in [1.82, 2.24) is 0 Å². The van der Waals surface area contributed by atoms with Crippen molar-refractivity contribution in [2.45, 2.75) is 17.6 Å². The van der Waals surface area contributed by atoms with Crippen LogP contribution >= 0.6 is 27.7 Å². The standard InChI is InChI=1S/C13H14BrNO2S/c1-2-16-9-3-5-11(15)12(7-9)18-8-10-4-6-13(14)17-10/h3-7H,2,8,15H2,1H3. The van der Waals surface area contributed by atoms with Crippen molar-refractivity contribution in [3.63, 3.8) is 0 Å². The lowest BCUT2D eigenvalue weighted by molar-refractivity contribution is 0.339. The van der Waals surface area contributed by atoms with E-state index in [4.69, 9.17) is 14.9 Å². The molecule has 0 bridgehead atoms. The number of furan rings is 1. The third-order valence-electron chi connectivity index (χ3n) is 2.29. The van der Waals surface area contributed by atoms with Gasteiger partial charge in [0.2, 0.25) is 0 Å². The van der Waals surface area contributed by atoms with Gasteiger partial charge in [0.1, 0.15) is 11.5 Å². The largest absolute Gasteiger partial charge is 0.494 e. The Labute approximate surface area is 119 Å². The molecule has 0 unspecified atom stereocenters. The number of thioether (sulfide) groups is 1. The van der Waals surface area contributed by atoms with Crippen LogP contribution in [0.2, 0.25) is 0 Å². The number of rotatable bonds is 5. The van der Waals surface area contributed by atoms with Gasteiger partial charge >= 0.3 is 0 Å². The van der Waals surface area contributed by atoms with Crippen molar-refractivity contribution in [1.29, 1.82) is 0 Å². The van der Waals surface area contributed by atoms with E-state index in [1.54, 1.807) is 11.8 Å². The van der Waals surface area contributed by atoms with Gasteiger partial charge in [-0.25, -0.2) is 0 Å². The number of halogens is 1. The van der Waals surface area contributed by atoms with Gasteiger partial charge in [-0.3, -0.25) is 0 Å². The molecular formula is C13H14BrNO2S. The zero-order valence-electron chi connectivity index (χ0n) is 9.98. The van der Waals surface area contributed by atoms with Crippen LogP contribution in [0, 0.1) is 0 Å². The molecular weight excluding hydrogens is 314 g/mol. The highest BCUT2D eigenvalue weighted by Gasteiger charge is 2.05. The number of hydrogen-bond donors (Lipinski definition) is 1. The molecule has 0 radical (unpaired) electrons. The van der Waals surface area contributed by atoms with Crippen molar-refractivity contribution in [2.24, 2.45) is 0 Å². The Hall–Kier alpha value is -1.07. The maximum absolute atomic E-state index is 5.94. The molecule has 1 heterocycles. The molecule has 1 aromatic carbocycles. The van der Waals surface area contributed by atoms with E-state index in [1.165, 1.54) is 0 Å². The zero-order chi connectivity index (χ0) is 13.0. The lowest BCUT2D eigenvalue weighted by Crippen LogP contribution is -1.94. The predicted octanol–water partition coefficient (Wildman–Crippen LogP) is 4.32. The summed E-state index contributed by atoms with van der Waals surface area (Å²) in [5, 5.41) is 0. The van der Waals surface area contributed by atoms with Crippen LogP contribution in [-0.2, 0) is 5.75 Å². The summed E-state index contributed by atoms with van der Waals surface area (Å²) in [7, 11) is 0. The summed E-state index contributed by atoms with van der Waals surface area (Å²) < 4.78 is 11.6. The van der Waals surface area contributed by atoms with Crippen LogP contribution in [0.25, 0.3) is 0 Å². The molecule has 18 heavy (non-hydrogen) atoms. The van der Waals surface area contributed by atoms with E-state index in [-0.39, 0.29) is 0 Å². The fourth-order valence-electron chi connectivity index (χ4n) is 1.47. The summed E-state index contributed by atoms with van der Waals surface area (Å²) in [6, 6.07) is 9.54. The summed E-state index contributed by atoms with van der Waals surface area (Å²) in [5.41, 5.74) is 6.70.